The van der Waals surface area contributed by atoms with Crippen LogP contribution >= 0.6 is 0 Å². The number of fused-ring (bicyclic) bond motifs is 2. The molecule has 0 unspecified atom stereocenters. The molecule has 1 aliphatic rings. The van der Waals surface area contributed by atoms with Crippen molar-refractivity contribution in [3.8, 4) is 0 Å². The summed E-state index contributed by atoms with van der Waals surface area (Å²) in [5, 5.41) is 3.32. The van der Waals surface area contributed by atoms with E-state index in [-0.39, 0.29) is 10.8 Å². The Hall–Kier alpha value is -4.42. The van der Waals surface area contributed by atoms with Gasteiger partial charge >= 0.3 is 5.97 Å². The minimum atomic E-state index is -3.94. The van der Waals surface area contributed by atoms with Gasteiger partial charge in [-0.3, -0.25) is 14.7 Å². The van der Waals surface area contributed by atoms with Gasteiger partial charge in [-0.25, -0.2) is 27.9 Å². The van der Waals surface area contributed by atoms with E-state index in [0.29, 0.717) is 40.1 Å². The topological polar surface area (TPSA) is 143 Å². The number of anilines is 2. The van der Waals surface area contributed by atoms with E-state index in [2.05, 4.69) is 31.8 Å². The molecule has 0 saturated heterocycles. The summed E-state index contributed by atoms with van der Waals surface area (Å²) in [5.74, 6) is -1.17. The number of aryl methyl sites for hydroxylation is 2. The van der Waals surface area contributed by atoms with Crippen molar-refractivity contribution in [2.75, 3.05) is 29.7 Å². The predicted molar refractivity (Wildman–Crippen MR) is 154 cm³/mol. The maximum atomic E-state index is 13.3. The Bertz CT molecular complexity index is 1720. The number of aromatic nitrogens is 3. The van der Waals surface area contributed by atoms with Crippen LogP contribution in [0.5, 0.6) is 0 Å². The summed E-state index contributed by atoms with van der Waals surface area (Å²) in [7, 11) is -3.94. The van der Waals surface area contributed by atoms with Gasteiger partial charge in [0.25, 0.3) is 15.9 Å². The largest absolute Gasteiger partial charge is 0.452 e. The van der Waals surface area contributed by atoms with Gasteiger partial charge in [0.15, 0.2) is 6.61 Å². The van der Waals surface area contributed by atoms with Crippen molar-refractivity contribution in [2.24, 2.45) is 0 Å². The summed E-state index contributed by atoms with van der Waals surface area (Å²) in [6.45, 7) is 7.34. The monoisotopic (exact) mass is 574 g/mol. The first-order chi connectivity index (χ1) is 19.6. The summed E-state index contributed by atoms with van der Waals surface area (Å²) < 4.78 is 33.3. The molecule has 0 aliphatic carbocycles. The van der Waals surface area contributed by atoms with Crippen molar-refractivity contribution in [3.63, 3.8) is 0 Å². The van der Waals surface area contributed by atoms with E-state index in [1.165, 1.54) is 24.3 Å². The molecule has 0 radical (unpaired) electrons. The van der Waals surface area contributed by atoms with Gasteiger partial charge in [0.2, 0.25) is 5.95 Å². The van der Waals surface area contributed by atoms with Gasteiger partial charge in [-0.2, -0.15) is 0 Å². The number of pyridine rings is 1. The van der Waals surface area contributed by atoms with E-state index in [4.69, 9.17) is 9.72 Å². The number of amides is 1. The van der Waals surface area contributed by atoms with Crippen LogP contribution in [-0.2, 0) is 32.5 Å². The maximum absolute atomic E-state index is 13.3. The van der Waals surface area contributed by atoms with E-state index < -0.39 is 28.5 Å². The number of carbonyl (C=O) groups is 2. The third-order valence-corrected chi connectivity index (χ3v) is 8.11. The number of hydrogen-bond donors (Lipinski definition) is 2. The van der Waals surface area contributed by atoms with Crippen LogP contribution in [0.3, 0.4) is 0 Å². The quantitative estimate of drug-likeness (QED) is 0.302. The molecule has 2 aromatic heterocycles. The molecule has 0 bridgehead atoms. The van der Waals surface area contributed by atoms with Crippen molar-refractivity contribution >= 4 is 44.4 Å². The number of para-hydroxylation sites is 1. The smallest absolute Gasteiger partial charge is 0.339 e. The van der Waals surface area contributed by atoms with E-state index in [1.54, 1.807) is 19.9 Å². The van der Waals surface area contributed by atoms with Gasteiger partial charge in [-0.1, -0.05) is 25.1 Å². The normalized spacial score (nSPS) is 13.4. The molecule has 41 heavy (non-hydrogen) atoms. The fourth-order valence-electron chi connectivity index (χ4n) is 4.82. The minimum Gasteiger partial charge on any atom is -0.452 e. The van der Waals surface area contributed by atoms with Crippen molar-refractivity contribution in [2.45, 2.75) is 38.6 Å². The maximum Gasteiger partial charge on any atom is 0.339 e. The highest BCUT2D eigenvalue weighted by atomic mass is 32.2. The zero-order valence-corrected chi connectivity index (χ0v) is 23.8. The summed E-state index contributed by atoms with van der Waals surface area (Å²) in [6.07, 6.45) is 0.730. The molecule has 2 N–H and O–H groups in total. The van der Waals surface area contributed by atoms with Gasteiger partial charge in [0.05, 0.1) is 16.0 Å². The second kappa shape index (κ2) is 11.6. The molecular weight excluding hydrogens is 544 g/mol. The number of rotatable bonds is 8. The van der Waals surface area contributed by atoms with Gasteiger partial charge in [0, 0.05) is 53.2 Å². The van der Waals surface area contributed by atoms with Crippen LogP contribution in [0.15, 0.2) is 59.5 Å². The molecule has 1 aliphatic heterocycles. The zero-order valence-electron chi connectivity index (χ0n) is 23.0. The predicted octanol–water partition coefficient (Wildman–Crippen LogP) is 3.62. The zero-order chi connectivity index (χ0) is 29.1. The molecule has 1 amide bonds. The van der Waals surface area contributed by atoms with Crippen LogP contribution in [0.25, 0.3) is 10.9 Å². The molecule has 3 heterocycles. The second-order valence-electron chi connectivity index (χ2n) is 9.78. The summed E-state index contributed by atoms with van der Waals surface area (Å²) in [4.78, 5) is 41.1. The molecule has 212 valence electrons. The SMILES string of the molecule is CCN1CCc2nc3ccccc3c(C(=O)OCC(=O)Nc3ccc(S(=O)(=O)Nc4nc(C)cc(C)n4)cc3)c2C1. The number of benzene rings is 2. The van der Waals surface area contributed by atoms with Crippen LogP contribution in [0.2, 0.25) is 0 Å². The number of carbonyl (C=O) groups excluding carboxylic acids is 2. The van der Waals surface area contributed by atoms with Gasteiger partial charge < -0.3 is 10.1 Å². The van der Waals surface area contributed by atoms with Crippen LogP contribution in [0, 0.1) is 13.8 Å². The Morgan fingerprint density at radius 3 is 2.41 bits per heavy atom. The molecular formula is C29H30N6O5S. The lowest BCUT2D eigenvalue weighted by Crippen LogP contribution is -2.32. The standard InChI is InChI=1S/C29H30N6O5S/c1-4-35-14-13-25-23(16-35)27(22-7-5-6-8-24(22)33-25)28(37)40-17-26(36)32-20-9-11-21(12-10-20)41(38,39)34-29-30-18(2)15-19(3)31-29/h5-12,15H,4,13-14,16-17H2,1-3H3,(H,32,36)(H,30,31,34). The average Bonchev–Trinajstić information content (AvgIpc) is 2.93. The lowest BCUT2D eigenvalue weighted by Gasteiger charge is -2.28. The van der Waals surface area contributed by atoms with Crippen molar-refractivity contribution < 1.29 is 22.7 Å². The Balaban J connectivity index is 1.25. The van der Waals surface area contributed by atoms with Gasteiger partial charge in [0.1, 0.15) is 0 Å². The van der Waals surface area contributed by atoms with E-state index in [1.807, 2.05) is 24.3 Å². The minimum absolute atomic E-state index is 0.0210. The number of ether oxygens (including phenoxy) is 1. The lowest BCUT2D eigenvalue weighted by atomic mass is 9.96. The third-order valence-electron chi connectivity index (χ3n) is 6.77. The molecule has 11 nitrogen and oxygen atoms in total. The summed E-state index contributed by atoms with van der Waals surface area (Å²) in [6, 6.07) is 14.7. The Morgan fingerprint density at radius 2 is 1.71 bits per heavy atom. The molecule has 4 aromatic rings. The van der Waals surface area contributed by atoms with Gasteiger partial charge in [-0.15, -0.1) is 0 Å². The number of hydrogen-bond acceptors (Lipinski definition) is 9. The first kappa shape index (κ1) is 28.1. The highest BCUT2D eigenvalue weighted by Gasteiger charge is 2.26. The lowest BCUT2D eigenvalue weighted by molar-refractivity contribution is -0.119. The van der Waals surface area contributed by atoms with Crippen molar-refractivity contribution in [1.82, 2.24) is 19.9 Å². The fourth-order valence-corrected chi connectivity index (χ4v) is 5.76. The number of sulfonamides is 1. The summed E-state index contributed by atoms with van der Waals surface area (Å²) >= 11 is 0. The second-order valence-corrected chi connectivity index (χ2v) is 11.5. The summed E-state index contributed by atoms with van der Waals surface area (Å²) in [5.41, 5.74) is 4.46. The Kier molecular flexibility index (Phi) is 7.95. The van der Waals surface area contributed by atoms with Crippen LogP contribution in [0.4, 0.5) is 11.6 Å². The van der Waals surface area contributed by atoms with Crippen LogP contribution in [-0.4, -0.2) is 59.8 Å². The highest BCUT2D eigenvalue weighted by Crippen LogP contribution is 2.29. The highest BCUT2D eigenvalue weighted by molar-refractivity contribution is 7.92. The average molecular weight is 575 g/mol. The molecule has 5 rings (SSSR count). The molecule has 2 aromatic carbocycles. The fraction of sp³-hybridized carbons (Fsp3) is 0.276. The number of esters is 1. The van der Waals surface area contributed by atoms with Crippen molar-refractivity contribution in [3.05, 3.63) is 82.8 Å². The van der Waals surface area contributed by atoms with Crippen LogP contribution < -0.4 is 10.0 Å². The third kappa shape index (κ3) is 6.34. The molecule has 0 atom stereocenters. The molecule has 0 saturated carbocycles. The number of likely N-dealkylation sites (N-methyl/N-ethyl adjacent to an activating group) is 1. The molecule has 0 fully saturated rings. The number of nitrogens with one attached hydrogen (secondary N) is 2. The first-order valence-corrected chi connectivity index (χ1v) is 14.7. The molecule has 0 spiro atoms. The van der Waals surface area contributed by atoms with Gasteiger partial charge in [-0.05, 0) is 56.8 Å². The van der Waals surface area contributed by atoms with E-state index in [9.17, 15) is 18.0 Å². The van der Waals surface area contributed by atoms with Crippen molar-refractivity contribution in [1.29, 1.82) is 0 Å². The van der Waals surface area contributed by atoms with E-state index in [0.717, 1.165) is 30.8 Å². The van der Waals surface area contributed by atoms with E-state index >= 15 is 0 Å². The number of nitrogens with zero attached hydrogens (tertiary/aromatic N) is 4. The molecule has 12 heteroatoms. The first-order valence-electron chi connectivity index (χ1n) is 13.2. The van der Waals surface area contributed by atoms with Crippen LogP contribution in [0.1, 0.15) is 39.9 Å². The Labute approximate surface area is 238 Å². The Morgan fingerprint density at radius 1 is 1.00 bits per heavy atom.